The number of carbonyl (C=O) groups is 2. The van der Waals surface area contributed by atoms with Crippen LogP contribution in [-0.2, 0) is 4.74 Å². The molecular formula is C23H23N3O5. The number of amides is 2. The number of pyridine rings is 1. The van der Waals surface area contributed by atoms with Gasteiger partial charge in [-0.1, -0.05) is 0 Å². The third kappa shape index (κ3) is 4.23. The first-order chi connectivity index (χ1) is 15.0. The summed E-state index contributed by atoms with van der Waals surface area (Å²) in [6.07, 6.45) is -0.928. The monoisotopic (exact) mass is 421 g/mol. The summed E-state index contributed by atoms with van der Waals surface area (Å²) >= 11 is 0. The smallest absolute Gasteiger partial charge is 0.414 e. The molecule has 1 aliphatic rings. The summed E-state index contributed by atoms with van der Waals surface area (Å²) in [5.74, 6) is 1.11. The molecule has 0 spiro atoms. The summed E-state index contributed by atoms with van der Waals surface area (Å²) in [5.41, 5.74) is 2.76. The maximum absolute atomic E-state index is 12.6. The number of aromatic nitrogens is 1. The molecule has 1 aromatic heterocycles. The largest absolute Gasteiger partial charge is 0.497 e. The number of nitrogens with zero attached hydrogens (tertiary/aromatic N) is 2. The molecule has 160 valence electrons. The van der Waals surface area contributed by atoms with Crippen molar-refractivity contribution in [1.29, 1.82) is 0 Å². The summed E-state index contributed by atoms with van der Waals surface area (Å²) < 4.78 is 15.9. The zero-order chi connectivity index (χ0) is 22.0. The second-order valence-electron chi connectivity index (χ2n) is 7.22. The van der Waals surface area contributed by atoms with E-state index in [1.165, 1.54) is 0 Å². The van der Waals surface area contributed by atoms with Crippen molar-refractivity contribution in [2.45, 2.75) is 13.0 Å². The number of fused-ring (bicyclic) bond motifs is 1. The number of aryl methyl sites for hydroxylation is 1. The fourth-order valence-electron chi connectivity index (χ4n) is 3.54. The zero-order valence-electron chi connectivity index (χ0n) is 17.5. The van der Waals surface area contributed by atoms with Crippen LogP contribution in [0, 0.1) is 6.92 Å². The second-order valence-corrected chi connectivity index (χ2v) is 7.22. The molecule has 1 atom stereocenters. The average Bonchev–Trinajstić information content (AvgIpc) is 3.16. The van der Waals surface area contributed by atoms with Gasteiger partial charge in [0.15, 0.2) is 0 Å². The lowest BCUT2D eigenvalue weighted by atomic mass is 10.1. The Bertz CT molecular complexity index is 1130. The van der Waals surface area contributed by atoms with E-state index in [-0.39, 0.29) is 12.5 Å². The number of nitrogens with one attached hydrogen (secondary N) is 1. The molecular weight excluding hydrogens is 398 g/mol. The van der Waals surface area contributed by atoms with Crippen LogP contribution in [0.3, 0.4) is 0 Å². The van der Waals surface area contributed by atoms with Gasteiger partial charge in [0.05, 0.1) is 38.5 Å². The molecule has 2 aromatic carbocycles. The number of cyclic esters (lactones) is 1. The lowest BCUT2D eigenvalue weighted by Gasteiger charge is -2.17. The summed E-state index contributed by atoms with van der Waals surface area (Å²) in [7, 11) is 3.16. The van der Waals surface area contributed by atoms with Crippen LogP contribution < -0.4 is 19.7 Å². The van der Waals surface area contributed by atoms with Crippen LogP contribution in [-0.4, -0.2) is 50.4 Å². The Morgan fingerprint density at radius 1 is 1.13 bits per heavy atom. The predicted octanol–water partition coefficient (Wildman–Crippen LogP) is 3.32. The highest BCUT2D eigenvalue weighted by molar-refractivity contribution is 6.02. The first-order valence-corrected chi connectivity index (χ1v) is 9.84. The average molecular weight is 421 g/mol. The molecule has 0 aliphatic carbocycles. The van der Waals surface area contributed by atoms with Crippen LogP contribution in [0.5, 0.6) is 11.5 Å². The quantitative estimate of drug-likeness (QED) is 0.657. The van der Waals surface area contributed by atoms with Crippen molar-refractivity contribution in [3.8, 4) is 11.5 Å². The summed E-state index contributed by atoms with van der Waals surface area (Å²) in [4.78, 5) is 31.1. The molecule has 1 fully saturated rings. The van der Waals surface area contributed by atoms with E-state index < -0.39 is 12.2 Å². The third-order valence-electron chi connectivity index (χ3n) is 5.13. The molecule has 1 saturated heterocycles. The van der Waals surface area contributed by atoms with Crippen molar-refractivity contribution in [3.05, 3.63) is 59.8 Å². The fraction of sp³-hybridized carbons (Fsp3) is 0.261. The number of ether oxygens (including phenoxy) is 3. The lowest BCUT2D eigenvalue weighted by Crippen LogP contribution is -2.34. The van der Waals surface area contributed by atoms with Gasteiger partial charge < -0.3 is 19.5 Å². The van der Waals surface area contributed by atoms with Gasteiger partial charge in [-0.05, 0) is 55.5 Å². The molecule has 0 radical (unpaired) electrons. The molecule has 1 aliphatic heterocycles. The molecule has 8 nitrogen and oxygen atoms in total. The number of hydrogen-bond acceptors (Lipinski definition) is 6. The minimum absolute atomic E-state index is 0.207. The summed E-state index contributed by atoms with van der Waals surface area (Å²) in [5, 5.41) is 3.62. The molecule has 2 heterocycles. The van der Waals surface area contributed by atoms with Crippen molar-refractivity contribution in [3.63, 3.8) is 0 Å². The van der Waals surface area contributed by atoms with Crippen LogP contribution in [0.15, 0.2) is 48.5 Å². The molecule has 1 N–H and O–H groups in total. The van der Waals surface area contributed by atoms with Gasteiger partial charge in [0.25, 0.3) is 5.91 Å². The first kappa shape index (κ1) is 20.5. The van der Waals surface area contributed by atoms with E-state index in [9.17, 15) is 9.59 Å². The second kappa shape index (κ2) is 8.51. The fourth-order valence-corrected chi connectivity index (χ4v) is 3.54. The number of methoxy groups -OCH3 is 2. The minimum atomic E-state index is -0.469. The van der Waals surface area contributed by atoms with Gasteiger partial charge in [-0.25, -0.2) is 4.79 Å². The van der Waals surface area contributed by atoms with E-state index in [1.54, 1.807) is 43.4 Å². The van der Waals surface area contributed by atoms with Gasteiger partial charge in [-0.2, -0.15) is 0 Å². The van der Waals surface area contributed by atoms with Crippen LogP contribution in [0.1, 0.15) is 16.1 Å². The van der Waals surface area contributed by atoms with Crippen molar-refractivity contribution in [2.75, 3.05) is 32.2 Å². The number of rotatable bonds is 6. The predicted molar refractivity (Wildman–Crippen MR) is 116 cm³/mol. The number of carbonyl (C=O) groups excluding carboxylic acids is 2. The molecule has 1 unspecified atom stereocenters. The van der Waals surface area contributed by atoms with Crippen LogP contribution in [0.25, 0.3) is 10.9 Å². The van der Waals surface area contributed by atoms with E-state index in [1.807, 2.05) is 31.2 Å². The lowest BCUT2D eigenvalue weighted by molar-refractivity contribution is 0.0916. The van der Waals surface area contributed by atoms with Crippen molar-refractivity contribution < 1.29 is 23.8 Å². The van der Waals surface area contributed by atoms with E-state index in [2.05, 4.69) is 10.3 Å². The normalized spacial score (nSPS) is 15.6. The summed E-state index contributed by atoms with van der Waals surface area (Å²) in [6.45, 7) is 2.40. The highest BCUT2D eigenvalue weighted by Gasteiger charge is 2.33. The van der Waals surface area contributed by atoms with Gasteiger partial charge in [-0.3, -0.25) is 14.7 Å². The summed E-state index contributed by atoms with van der Waals surface area (Å²) in [6, 6.07) is 14.2. The molecule has 0 bridgehead atoms. The van der Waals surface area contributed by atoms with Gasteiger partial charge in [0.2, 0.25) is 0 Å². The van der Waals surface area contributed by atoms with Crippen molar-refractivity contribution >= 4 is 28.6 Å². The van der Waals surface area contributed by atoms with Gasteiger partial charge in [0.1, 0.15) is 17.6 Å². The molecule has 0 saturated carbocycles. The number of anilines is 1. The van der Waals surface area contributed by atoms with E-state index in [0.29, 0.717) is 29.3 Å². The number of benzene rings is 2. The Kier molecular flexibility index (Phi) is 5.62. The van der Waals surface area contributed by atoms with Gasteiger partial charge >= 0.3 is 6.09 Å². The van der Waals surface area contributed by atoms with Gasteiger partial charge in [-0.15, -0.1) is 0 Å². The SMILES string of the molecule is COc1ccc(C(=O)NCC2CN(c3cc(C)nc4ccc(OC)cc34)C(=O)O2)cc1. The molecule has 3 aromatic rings. The van der Waals surface area contributed by atoms with Crippen LogP contribution >= 0.6 is 0 Å². The highest BCUT2D eigenvalue weighted by Crippen LogP contribution is 2.32. The first-order valence-electron chi connectivity index (χ1n) is 9.84. The Hall–Kier alpha value is -3.81. The van der Waals surface area contributed by atoms with E-state index in [4.69, 9.17) is 14.2 Å². The molecule has 4 rings (SSSR count). The van der Waals surface area contributed by atoms with Crippen molar-refractivity contribution in [2.24, 2.45) is 0 Å². The standard InChI is InChI=1S/C23H23N3O5/c1-14-10-21(19-11-17(30-3)8-9-20(19)25-14)26-13-18(31-23(26)28)12-24-22(27)15-4-6-16(29-2)7-5-15/h4-11,18H,12-13H2,1-3H3,(H,24,27). The topological polar surface area (TPSA) is 90.0 Å². The maximum Gasteiger partial charge on any atom is 0.414 e. The highest BCUT2D eigenvalue weighted by atomic mass is 16.6. The number of hydrogen-bond donors (Lipinski definition) is 1. The van der Waals surface area contributed by atoms with Crippen LogP contribution in [0.4, 0.5) is 10.5 Å². The Balaban J connectivity index is 1.49. The Morgan fingerprint density at radius 3 is 2.55 bits per heavy atom. The third-order valence-corrected chi connectivity index (χ3v) is 5.13. The Morgan fingerprint density at radius 2 is 1.84 bits per heavy atom. The van der Waals surface area contributed by atoms with Gasteiger partial charge in [0, 0.05) is 16.6 Å². The Labute approximate surface area is 179 Å². The van der Waals surface area contributed by atoms with Crippen molar-refractivity contribution in [1.82, 2.24) is 10.3 Å². The molecule has 2 amide bonds. The zero-order valence-corrected chi connectivity index (χ0v) is 17.5. The van der Waals surface area contributed by atoms with E-state index in [0.717, 1.165) is 16.6 Å². The maximum atomic E-state index is 12.6. The van der Waals surface area contributed by atoms with E-state index >= 15 is 0 Å². The molecule has 8 heteroatoms. The minimum Gasteiger partial charge on any atom is -0.497 e. The van der Waals surface area contributed by atoms with Crippen LogP contribution in [0.2, 0.25) is 0 Å². The molecule has 31 heavy (non-hydrogen) atoms.